The Hall–Kier alpha value is -1.81. The van der Waals surface area contributed by atoms with E-state index in [1.54, 1.807) is 0 Å². The van der Waals surface area contributed by atoms with Crippen molar-refractivity contribution in [3.05, 3.63) is 0 Å². The van der Waals surface area contributed by atoms with Crippen LogP contribution in [0.25, 0.3) is 0 Å². The van der Waals surface area contributed by atoms with E-state index in [1.165, 1.54) is 19.3 Å². The van der Waals surface area contributed by atoms with Gasteiger partial charge in [0, 0.05) is 12.1 Å². The average Bonchev–Trinajstić information content (AvgIpc) is 3.12. The number of rotatable bonds is 15. The van der Waals surface area contributed by atoms with E-state index < -0.39 is 29.7 Å². The van der Waals surface area contributed by atoms with Crippen LogP contribution in [0.2, 0.25) is 0 Å². The minimum Gasteiger partial charge on any atom is -0.481 e. The summed E-state index contributed by atoms with van der Waals surface area (Å²) in [4.78, 5) is 43.2. The van der Waals surface area contributed by atoms with E-state index in [4.69, 9.17) is 48.7 Å². The number of carbonyl (C=O) groups is 3. The van der Waals surface area contributed by atoms with Gasteiger partial charge in [0.05, 0.1) is 60.5 Å². The van der Waals surface area contributed by atoms with Gasteiger partial charge in [-0.3, -0.25) is 14.4 Å². The molecule has 51 heavy (non-hydrogen) atoms. The number of amides is 1. The summed E-state index contributed by atoms with van der Waals surface area (Å²) in [6.07, 6.45) is 21.5. The Morgan fingerprint density at radius 2 is 1.27 bits per heavy atom. The van der Waals surface area contributed by atoms with Gasteiger partial charge in [0.2, 0.25) is 5.91 Å². The molecule has 5 rings (SSSR count). The van der Waals surface area contributed by atoms with Crippen LogP contribution >= 0.6 is 23.2 Å². The SMILES string of the molecule is C#COC1CCC(C(=O)O)C(C(=O)NC2CCC(C3CCC(NOCC4CC(OCCOC5CCCCC5)CCC4C(=O)O)C(Cl)C3)CC2Cl)C1. The van der Waals surface area contributed by atoms with Crippen LogP contribution in [-0.2, 0) is 33.4 Å². The second-order valence-corrected chi connectivity index (χ2v) is 16.8. The quantitative estimate of drug-likeness (QED) is 0.0689. The van der Waals surface area contributed by atoms with Gasteiger partial charge in [-0.2, -0.15) is 5.48 Å². The van der Waals surface area contributed by atoms with E-state index in [2.05, 4.69) is 16.9 Å². The number of terminal acetylenes is 1. The lowest BCUT2D eigenvalue weighted by atomic mass is 9.71. The van der Waals surface area contributed by atoms with Crippen LogP contribution in [0.15, 0.2) is 0 Å². The Labute approximate surface area is 312 Å². The zero-order chi connectivity index (χ0) is 36.3. The van der Waals surface area contributed by atoms with Gasteiger partial charge in [-0.05, 0) is 108 Å². The van der Waals surface area contributed by atoms with Gasteiger partial charge in [0.25, 0.3) is 0 Å². The number of hydroxylamine groups is 1. The van der Waals surface area contributed by atoms with Crippen LogP contribution in [0.1, 0.15) is 109 Å². The number of hydrogen-bond acceptors (Lipinski definition) is 8. The molecule has 5 aliphatic carbocycles. The summed E-state index contributed by atoms with van der Waals surface area (Å²) < 4.78 is 17.4. The monoisotopic (exact) mass is 756 g/mol. The molecule has 0 saturated heterocycles. The Morgan fingerprint density at radius 1 is 0.667 bits per heavy atom. The van der Waals surface area contributed by atoms with E-state index in [9.17, 15) is 24.6 Å². The van der Waals surface area contributed by atoms with E-state index in [1.807, 2.05) is 0 Å². The van der Waals surface area contributed by atoms with Crippen LogP contribution in [-0.4, -0.2) is 89.0 Å². The maximum atomic E-state index is 13.3. The first kappa shape index (κ1) is 40.4. The topological polar surface area (TPSA) is 153 Å². The van der Waals surface area contributed by atoms with Crippen molar-refractivity contribution >= 4 is 41.0 Å². The number of carboxylic acids is 2. The smallest absolute Gasteiger partial charge is 0.307 e. The van der Waals surface area contributed by atoms with Gasteiger partial charge in [0.15, 0.2) is 0 Å². The average molecular weight is 758 g/mol. The second-order valence-electron chi connectivity index (χ2n) is 15.7. The largest absolute Gasteiger partial charge is 0.481 e. The third-order valence-electron chi connectivity index (χ3n) is 12.4. The van der Waals surface area contributed by atoms with Crippen molar-refractivity contribution < 1.29 is 43.6 Å². The molecular weight excluding hydrogens is 699 g/mol. The van der Waals surface area contributed by atoms with Gasteiger partial charge in [0.1, 0.15) is 12.2 Å². The Bertz CT molecular complexity index is 1180. The normalized spacial score (nSPS) is 37.9. The van der Waals surface area contributed by atoms with Crippen molar-refractivity contribution in [3.8, 4) is 12.5 Å². The molecule has 0 radical (unpaired) electrons. The van der Waals surface area contributed by atoms with Crippen LogP contribution < -0.4 is 10.8 Å². The van der Waals surface area contributed by atoms with Crippen LogP contribution in [0.4, 0.5) is 0 Å². The third-order valence-corrected chi connectivity index (χ3v) is 13.4. The molecule has 0 aliphatic heterocycles. The Morgan fingerprint density at radius 3 is 1.90 bits per heavy atom. The number of ether oxygens (including phenoxy) is 3. The van der Waals surface area contributed by atoms with E-state index in [-0.39, 0.29) is 59.9 Å². The maximum Gasteiger partial charge on any atom is 0.307 e. The first-order valence-corrected chi connectivity index (χ1v) is 20.3. The molecule has 288 valence electrons. The second kappa shape index (κ2) is 20.0. The number of carboxylic acid groups (broad SMARTS) is 2. The first-order valence-electron chi connectivity index (χ1n) is 19.4. The van der Waals surface area contributed by atoms with Crippen molar-refractivity contribution in [1.82, 2.24) is 10.8 Å². The fourth-order valence-electron chi connectivity index (χ4n) is 9.46. The summed E-state index contributed by atoms with van der Waals surface area (Å²) in [5.74, 6) is -3.37. The molecule has 11 nitrogen and oxygen atoms in total. The summed E-state index contributed by atoms with van der Waals surface area (Å²) in [7, 11) is 0. The standard InChI is InChI=1S/C38H58Cl2N2O9/c1-2-48-28-11-13-30(38(46)47)31(21-28)36(43)41-34-14-8-23(19-32(34)39)24-9-15-35(33(40)20-24)42-51-22-25-18-27(10-12-29(25)37(44)45)50-17-16-49-26-6-4-3-5-7-26/h1,23-35,42H,3-22H2,(H,41,43)(H,44,45)(H,46,47). The fourth-order valence-corrected chi connectivity index (χ4v) is 10.3. The highest BCUT2D eigenvalue weighted by Gasteiger charge is 2.43. The van der Waals surface area contributed by atoms with Gasteiger partial charge < -0.3 is 34.6 Å². The van der Waals surface area contributed by atoms with E-state index in [0.717, 1.165) is 57.8 Å². The molecule has 0 aromatic heterocycles. The lowest BCUT2D eigenvalue weighted by Crippen LogP contribution is -2.51. The van der Waals surface area contributed by atoms with E-state index in [0.29, 0.717) is 56.8 Å². The van der Waals surface area contributed by atoms with Gasteiger partial charge in [-0.1, -0.05) is 25.7 Å². The van der Waals surface area contributed by atoms with Crippen molar-refractivity contribution in [2.75, 3.05) is 19.8 Å². The number of nitrogens with one attached hydrogen (secondary N) is 2. The van der Waals surface area contributed by atoms with Gasteiger partial charge in [-0.25, -0.2) is 0 Å². The lowest BCUT2D eigenvalue weighted by molar-refractivity contribution is -0.151. The van der Waals surface area contributed by atoms with Crippen LogP contribution in [0.5, 0.6) is 0 Å². The molecule has 5 aliphatic rings. The minimum absolute atomic E-state index is 0.00398. The lowest BCUT2D eigenvalue weighted by Gasteiger charge is -2.42. The van der Waals surface area contributed by atoms with Crippen molar-refractivity contribution in [2.45, 2.75) is 150 Å². The molecule has 12 unspecified atom stereocenters. The maximum absolute atomic E-state index is 13.3. The number of carbonyl (C=O) groups excluding carboxylic acids is 1. The molecule has 0 bridgehead atoms. The zero-order valence-electron chi connectivity index (χ0n) is 29.7. The number of aliphatic carboxylic acids is 2. The Balaban J connectivity index is 1.01. The van der Waals surface area contributed by atoms with Crippen molar-refractivity contribution in [2.24, 2.45) is 35.5 Å². The molecule has 0 aromatic carbocycles. The molecule has 0 heterocycles. The third kappa shape index (κ3) is 11.6. The fraction of sp³-hybridized carbons (Fsp3) is 0.868. The zero-order valence-corrected chi connectivity index (χ0v) is 31.2. The Kier molecular flexibility index (Phi) is 15.9. The summed E-state index contributed by atoms with van der Waals surface area (Å²) in [6, 6.07) is -0.271. The van der Waals surface area contributed by atoms with E-state index >= 15 is 0 Å². The van der Waals surface area contributed by atoms with Gasteiger partial charge >= 0.3 is 11.9 Å². The van der Waals surface area contributed by atoms with Crippen molar-refractivity contribution in [1.29, 1.82) is 0 Å². The summed E-state index contributed by atoms with van der Waals surface area (Å²) in [5, 5.41) is 22.3. The van der Waals surface area contributed by atoms with Crippen LogP contribution in [0, 0.1) is 48.0 Å². The number of halogens is 2. The molecule has 4 N–H and O–H groups in total. The molecule has 0 spiro atoms. The highest BCUT2D eigenvalue weighted by atomic mass is 35.5. The predicted octanol–water partition coefficient (Wildman–Crippen LogP) is 5.89. The molecule has 1 amide bonds. The summed E-state index contributed by atoms with van der Waals surface area (Å²) >= 11 is 13.8. The van der Waals surface area contributed by atoms with Crippen LogP contribution in [0.3, 0.4) is 0 Å². The number of alkyl halides is 2. The van der Waals surface area contributed by atoms with Crippen molar-refractivity contribution in [3.63, 3.8) is 0 Å². The molecule has 12 atom stereocenters. The first-order chi connectivity index (χ1) is 24.6. The highest BCUT2D eigenvalue weighted by Crippen LogP contribution is 2.42. The number of hydrogen-bond donors (Lipinski definition) is 4. The van der Waals surface area contributed by atoms with Gasteiger partial charge in [-0.15, -0.1) is 23.2 Å². The molecule has 13 heteroatoms. The summed E-state index contributed by atoms with van der Waals surface area (Å²) in [6.45, 7) is 1.39. The molecule has 0 aromatic rings. The molecular formula is C38H58Cl2N2O9. The predicted molar refractivity (Wildman–Crippen MR) is 192 cm³/mol. The molecule has 5 fully saturated rings. The minimum atomic E-state index is -0.977. The highest BCUT2D eigenvalue weighted by molar-refractivity contribution is 6.21. The molecule has 5 saturated carbocycles. The summed E-state index contributed by atoms with van der Waals surface area (Å²) in [5.41, 5.74) is 3.18.